The van der Waals surface area contributed by atoms with Crippen molar-refractivity contribution in [3.63, 3.8) is 0 Å². The molecule has 0 radical (unpaired) electrons. The molecule has 0 spiro atoms. The Morgan fingerprint density at radius 3 is 2.90 bits per heavy atom. The quantitative estimate of drug-likeness (QED) is 0.644. The smallest absolute Gasteiger partial charge is 0.318 e. The molecule has 2 aliphatic heterocycles. The summed E-state index contributed by atoms with van der Waals surface area (Å²) in [5.74, 6) is -1.18. The van der Waals surface area contributed by atoms with Gasteiger partial charge in [0, 0.05) is 13.1 Å². The molecule has 8 heteroatoms. The highest BCUT2D eigenvalue weighted by molar-refractivity contribution is 5.88. The van der Waals surface area contributed by atoms with Crippen molar-refractivity contribution in [2.24, 2.45) is 5.41 Å². The van der Waals surface area contributed by atoms with E-state index in [0.29, 0.717) is 19.5 Å². The highest BCUT2D eigenvalue weighted by atomic mass is 16.5. The van der Waals surface area contributed by atoms with Gasteiger partial charge >= 0.3 is 12.0 Å². The van der Waals surface area contributed by atoms with E-state index in [4.69, 9.17) is 4.74 Å². The minimum absolute atomic E-state index is 0.0605. The average molecular weight is 299 g/mol. The molecule has 0 bridgehead atoms. The third kappa shape index (κ3) is 2.80. The van der Waals surface area contributed by atoms with Crippen LogP contribution in [0.25, 0.3) is 0 Å². The molecule has 2 rings (SSSR count). The molecule has 8 nitrogen and oxygen atoms in total. The molecule has 0 aliphatic carbocycles. The van der Waals surface area contributed by atoms with Crippen molar-refractivity contribution in [3.8, 4) is 0 Å². The summed E-state index contributed by atoms with van der Waals surface area (Å²) in [7, 11) is 0. The molecule has 0 aromatic carbocycles. The first-order valence-corrected chi connectivity index (χ1v) is 7.06. The fourth-order valence-corrected chi connectivity index (χ4v) is 2.68. The van der Waals surface area contributed by atoms with E-state index in [-0.39, 0.29) is 19.1 Å². The van der Waals surface area contributed by atoms with Gasteiger partial charge in [-0.1, -0.05) is 6.92 Å². The monoisotopic (exact) mass is 299 g/mol. The lowest BCUT2D eigenvalue weighted by Gasteiger charge is -2.36. The molecule has 2 heterocycles. The van der Waals surface area contributed by atoms with Crippen molar-refractivity contribution < 1.29 is 24.2 Å². The lowest BCUT2D eigenvalue weighted by atomic mass is 9.85. The molecule has 0 aromatic heterocycles. The van der Waals surface area contributed by atoms with Crippen LogP contribution in [0.4, 0.5) is 4.79 Å². The Bertz CT molecular complexity index is 455. The Balaban J connectivity index is 2.07. The molecule has 2 aliphatic rings. The molecule has 3 N–H and O–H groups in total. The molecule has 2 fully saturated rings. The zero-order valence-electron chi connectivity index (χ0n) is 12.2. The summed E-state index contributed by atoms with van der Waals surface area (Å²) < 4.78 is 5.20. The number of ether oxygens (including phenoxy) is 1. The van der Waals surface area contributed by atoms with Crippen LogP contribution in [-0.4, -0.2) is 66.3 Å². The number of nitrogens with one attached hydrogen (secondary N) is 2. The third-order valence-corrected chi connectivity index (χ3v) is 4.22. The maximum Gasteiger partial charge on any atom is 0.318 e. The molecule has 0 saturated carbocycles. The van der Waals surface area contributed by atoms with Crippen LogP contribution in [0.15, 0.2) is 0 Å². The van der Waals surface area contributed by atoms with E-state index in [1.807, 2.05) is 6.92 Å². The Morgan fingerprint density at radius 2 is 2.29 bits per heavy atom. The number of carbonyl (C=O) groups is 3. The van der Waals surface area contributed by atoms with E-state index in [2.05, 4.69) is 10.6 Å². The van der Waals surface area contributed by atoms with Gasteiger partial charge in [-0.05, 0) is 13.3 Å². The lowest BCUT2D eigenvalue weighted by Crippen LogP contribution is -2.61. The van der Waals surface area contributed by atoms with Crippen LogP contribution in [0.3, 0.4) is 0 Å². The van der Waals surface area contributed by atoms with Crippen LogP contribution in [0.1, 0.15) is 20.3 Å². The van der Waals surface area contributed by atoms with Crippen molar-refractivity contribution in [2.45, 2.75) is 32.4 Å². The van der Waals surface area contributed by atoms with E-state index in [1.54, 1.807) is 6.92 Å². The van der Waals surface area contributed by atoms with E-state index >= 15 is 0 Å². The number of hydrogen-bond acceptors (Lipinski definition) is 4. The van der Waals surface area contributed by atoms with E-state index in [1.165, 1.54) is 4.90 Å². The van der Waals surface area contributed by atoms with Gasteiger partial charge in [-0.15, -0.1) is 0 Å². The number of rotatable bonds is 3. The van der Waals surface area contributed by atoms with E-state index < -0.39 is 29.5 Å². The molecule has 3 amide bonds. The second-order valence-electron chi connectivity index (χ2n) is 5.65. The third-order valence-electron chi connectivity index (χ3n) is 4.22. The summed E-state index contributed by atoms with van der Waals surface area (Å²) in [5, 5.41) is 14.7. The van der Waals surface area contributed by atoms with Crippen LogP contribution in [0, 0.1) is 5.41 Å². The number of amides is 3. The summed E-state index contributed by atoms with van der Waals surface area (Å²) in [6.07, 6.45) is 0.511. The zero-order chi connectivity index (χ0) is 15.6. The van der Waals surface area contributed by atoms with Gasteiger partial charge in [0.2, 0.25) is 5.91 Å². The Hall–Kier alpha value is -1.83. The average Bonchev–Trinajstić information content (AvgIpc) is 2.81. The standard InChI is InChI=1S/C13H21N3O5/c1-3-8-10(17)14-4-5-16(8)12(20)15-9-6-21-7-13(9,2)11(18)19/h8-9H,3-7H2,1-2H3,(H,14,17)(H,15,20)(H,18,19). The van der Waals surface area contributed by atoms with Crippen molar-refractivity contribution in [1.82, 2.24) is 15.5 Å². The van der Waals surface area contributed by atoms with Gasteiger partial charge in [0.15, 0.2) is 0 Å². The van der Waals surface area contributed by atoms with Gasteiger partial charge in [0.05, 0.1) is 19.3 Å². The number of carboxylic acids is 1. The second-order valence-corrected chi connectivity index (χ2v) is 5.65. The number of nitrogens with zero attached hydrogens (tertiary/aromatic N) is 1. The summed E-state index contributed by atoms with van der Waals surface area (Å²) in [4.78, 5) is 36.9. The van der Waals surface area contributed by atoms with Gasteiger partial charge in [0.1, 0.15) is 11.5 Å². The minimum atomic E-state index is -1.14. The van der Waals surface area contributed by atoms with Crippen molar-refractivity contribution in [2.75, 3.05) is 26.3 Å². The highest BCUT2D eigenvalue weighted by Gasteiger charge is 2.48. The SMILES string of the molecule is CCC1C(=O)NCCN1C(=O)NC1COCC1(C)C(=O)O. The second kappa shape index (κ2) is 5.88. The first kappa shape index (κ1) is 15.6. The maximum atomic E-state index is 12.4. The topological polar surface area (TPSA) is 108 Å². The van der Waals surface area contributed by atoms with E-state index in [9.17, 15) is 19.5 Å². The van der Waals surface area contributed by atoms with Crippen LogP contribution in [0.5, 0.6) is 0 Å². The molecule has 0 aromatic rings. The fourth-order valence-electron chi connectivity index (χ4n) is 2.68. The number of hydrogen-bond donors (Lipinski definition) is 3. The molecular weight excluding hydrogens is 278 g/mol. The van der Waals surface area contributed by atoms with Crippen molar-refractivity contribution >= 4 is 17.9 Å². The van der Waals surface area contributed by atoms with Gasteiger partial charge in [-0.3, -0.25) is 9.59 Å². The van der Waals surface area contributed by atoms with Gasteiger partial charge in [-0.2, -0.15) is 0 Å². The molecule has 21 heavy (non-hydrogen) atoms. The minimum Gasteiger partial charge on any atom is -0.481 e. The van der Waals surface area contributed by atoms with Gasteiger partial charge in [0.25, 0.3) is 0 Å². The number of piperazine rings is 1. The molecule has 3 atom stereocenters. The number of carboxylic acid groups (broad SMARTS) is 1. The van der Waals surface area contributed by atoms with Crippen molar-refractivity contribution in [1.29, 1.82) is 0 Å². The summed E-state index contributed by atoms with van der Waals surface area (Å²) in [5.41, 5.74) is -1.14. The molecular formula is C13H21N3O5. The van der Waals surface area contributed by atoms with Crippen LogP contribution < -0.4 is 10.6 Å². The van der Waals surface area contributed by atoms with Crippen LogP contribution in [-0.2, 0) is 14.3 Å². The summed E-state index contributed by atoms with van der Waals surface area (Å²) in [6, 6.07) is -1.54. The van der Waals surface area contributed by atoms with Gasteiger partial charge in [-0.25, -0.2) is 4.79 Å². The highest BCUT2D eigenvalue weighted by Crippen LogP contribution is 2.29. The predicted octanol–water partition coefficient (Wildman–Crippen LogP) is -0.604. The largest absolute Gasteiger partial charge is 0.481 e. The van der Waals surface area contributed by atoms with E-state index in [0.717, 1.165) is 0 Å². The Labute approximate surface area is 122 Å². The normalized spacial score (nSPS) is 32.7. The lowest BCUT2D eigenvalue weighted by molar-refractivity contribution is -0.148. The maximum absolute atomic E-state index is 12.4. The molecule has 3 unspecified atom stereocenters. The number of urea groups is 1. The first-order valence-electron chi connectivity index (χ1n) is 7.06. The van der Waals surface area contributed by atoms with Gasteiger partial charge < -0.3 is 25.4 Å². The Morgan fingerprint density at radius 1 is 1.57 bits per heavy atom. The zero-order valence-corrected chi connectivity index (χ0v) is 12.2. The number of carbonyl (C=O) groups excluding carboxylic acids is 2. The summed E-state index contributed by atoms with van der Waals surface area (Å²) >= 11 is 0. The fraction of sp³-hybridized carbons (Fsp3) is 0.769. The predicted molar refractivity (Wildman–Crippen MR) is 72.7 cm³/mol. The van der Waals surface area contributed by atoms with Crippen LogP contribution >= 0.6 is 0 Å². The van der Waals surface area contributed by atoms with Crippen molar-refractivity contribution in [3.05, 3.63) is 0 Å². The summed E-state index contributed by atoms with van der Waals surface area (Å²) in [6.45, 7) is 4.41. The first-order chi connectivity index (χ1) is 9.90. The molecule has 2 saturated heterocycles. The Kier molecular flexibility index (Phi) is 4.36. The molecule has 118 valence electrons. The van der Waals surface area contributed by atoms with Crippen LogP contribution in [0.2, 0.25) is 0 Å². The number of aliphatic carboxylic acids is 1.